The Morgan fingerprint density at radius 1 is 0.194 bits per heavy atom. The van der Waals surface area contributed by atoms with Crippen LogP contribution in [0.3, 0.4) is 0 Å². The zero-order valence-electron chi connectivity index (χ0n) is 68.6. The van der Waals surface area contributed by atoms with Crippen LogP contribution in [0.15, 0.2) is 478 Å². The highest BCUT2D eigenvalue weighted by Gasteiger charge is 2.36. The maximum atomic E-state index is 6.31. The third-order valence-corrected chi connectivity index (χ3v) is 24.8. The average Bonchev–Trinajstić information content (AvgIpc) is 1.29. The van der Waals surface area contributed by atoms with Crippen LogP contribution in [0.5, 0.6) is 0 Å². The number of aromatic nitrogens is 3. The highest BCUT2D eigenvalue weighted by atomic mass is 16.3. The standard InChI is InChI=1S/C42H28N2O.C39H30N2.C36H26N2/c1-2-10-29(11-3-1)30-18-20-31(21-19-30)43(34-26-27-38-37-14-6-9-17-41(37)45-42(38)28-34)32-22-24-33(25-23-32)44-39-15-7-4-12-35(39)36-13-5-8-16-40(36)44;1-39(2)33-13-5-9-17-37(33)41(38-18-10-6-14-34(38)39)30-25-21-28(22-26-30)27-19-23-29(24-20-27)40-35-15-7-3-11-31(35)32-12-4-8-16-36(32)40;1-3-11-29(12-4-1)37(30-13-5-2-6-14-30)31-23-19-27(20-24-31)28-21-25-32(26-22-28)38-35-17-9-7-15-33(35)34-16-8-10-18-36(34)38/h1-28H;3-26H,1-2H3;1-26H. The lowest BCUT2D eigenvalue weighted by atomic mass is 9.73. The number of nitrogens with zero attached hydrogens (tertiary/aromatic N) is 6. The second-order valence-corrected chi connectivity index (χ2v) is 32.3. The fraction of sp³-hybridized carbons (Fsp3) is 0.0256. The summed E-state index contributed by atoms with van der Waals surface area (Å²) in [7, 11) is 0. The molecule has 1 aliphatic rings. The van der Waals surface area contributed by atoms with Crippen LogP contribution in [-0.4, -0.2) is 13.7 Å². The Kier molecular flexibility index (Phi) is 18.8. The van der Waals surface area contributed by atoms with Crippen LogP contribution in [0.2, 0.25) is 0 Å². The number of benzene rings is 19. The summed E-state index contributed by atoms with van der Waals surface area (Å²) in [6.07, 6.45) is 0. The van der Waals surface area contributed by atoms with Gasteiger partial charge < -0.3 is 32.8 Å². The van der Waals surface area contributed by atoms with E-state index < -0.39 is 0 Å². The molecule has 1 aliphatic heterocycles. The van der Waals surface area contributed by atoms with Crippen molar-refractivity contribution >= 4 is 139 Å². The van der Waals surface area contributed by atoms with E-state index in [0.29, 0.717) is 0 Å². The minimum atomic E-state index is -0.0538. The molecule has 24 rings (SSSR count). The van der Waals surface area contributed by atoms with Gasteiger partial charge in [-0.2, -0.15) is 0 Å². The Balaban J connectivity index is 0.000000111. The van der Waals surface area contributed by atoms with E-state index in [1.807, 2.05) is 12.1 Å². The number of anilines is 9. The second-order valence-electron chi connectivity index (χ2n) is 32.3. The van der Waals surface area contributed by atoms with Crippen molar-refractivity contribution in [2.24, 2.45) is 0 Å². The minimum Gasteiger partial charge on any atom is -0.456 e. The monoisotopic (exact) mass is 1590 g/mol. The van der Waals surface area contributed by atoms with E-state index in [2.05, 4.69) is 503 Å². The molecular formula is C117H84N6O. The molecule has 0 bridgehead atoms. The van der Waals surface area contributed by atoms with Crippen LogP contribution in [0.1, 0.15) is 25.0 Å². The van der Waals surface area contributed by atoms with Gasteiger partial charge in [-0.3, -0.25) is 0 Å². The van der Waals surface area contributed by atoms with Crippen molar-refractivity contribution in [3.63, 3.8) is 0 Å². The van der Waals surface area contributed by atoms with Crippen molar-refractivity contribution in [1.29, 1.82) is 0 Å². The number of para-hydroxylation sites is 11. The van der Waals surface area contributed by atoms with E-state index in [1.54, 1.807) is 0 Å². The summed E-state index contributed by atoms with van der Waals surface area (Å²) in [4.78, 5) is 7.00. The van der Waals surface area contributed by atoms with Crippen molar-refractivity contribution in [2.75, 3.05) is 14.7 Å². The van der Waals surface area contributed by atoms with Gasteiger partial charge in [0.25, 0.3) is 0 Å². The van der Waals surface area contributed by atoms with E-state index >= 15 is 0 Å². The third-order valence-electron chi connectivity index (χ3n) is 24.8. The normalized spacial score (nSPS) is 12.2. The van der Waals surface area contributed by atoms with Crippen LogP contribution in [0.4, 0.5) is 51.2 Å². The lowest BCUT2D eigenvalue weighted by Gasteiger charge is -2.42. The lowest BCUT2D eigenvalue weighted by Crippen LogP contribution is -2.30. The summed E-state index contributed by atoms with van der Waals surface area (Å²) in [5.74, 6) is 0. The molecule has 0 saturated carbocycles. The van der Waals surface area contributed by atoms with Crippen LogP contribution in [0.25, 0.3) is 138 Å². The predicted octanol–water partition coefficient (Wildman–Crippen LogP) is 32.3. The van der Waals surface area contributed by atoms with Crippen LogP contribution >= 0.6 is 0 Å². The number of hydrogen-bond donors (Lipinski definition) is 0. The molecule has 0 unspecified atom stereocenters. The lowest BCUT2D eigenvalue weighted by molar-refractivity contribution is 0.632. The molecule has 5 heterocycles. The summed E-state index contributed by atoms with van der Waals surface area (Å²) in [6, 6.07) is 169. The van der Waals surface area contributed by atoms with E-state index in [0.717, 1.165) is 61.8 Å². The first-order valence-electron chi connectivity index (χ1n) is 42.5. The van der Waals surface area contributed by atoms with Crippen molar-refractivity contribution in [1.82, 2.24) is 13.7 Å². The molecule has 0 aliphatic carbocycles. The van der Waals surface area contributed by atoms with Gasteiger partial charge in [0.2, 0.25) is 0 Å². The van der Waals surface area contributed by atoms with Gasteiger partial charge >= 0.3 is 0 Å². The minimum absolute atomic E-state index is 0.0538. The zero-order valence-corrected chi connectivity index (χ0v) is 68.6. The van der Waals surface area contributed by atoms with Crippen LogP contribution < -0.4 is 14.7 Å². The Hall–Kier alpha value is -16.2. The maximum absolute atomic E-state index is 6.31. The zero-order chi connectivity index (χ0) is 82.6. The molecule has 0 spiro atoms. The van der Waals surface area contributed by atoms with Crippen LogP contribution in [0, 0.1) is 0 Å². The molecule has 0 radical (unpaired) electrons. The molecule has 0 saturated heterocycles. The van der Waals surface area contributed by atoms with Gasteiger partial charge in [0.1, 0.15) is 11.2 Å². The van der Waals surface area contributed by atoms with E-state index in [1.165, 1.54) is 138 Å². The molecule has 7 nitrogen and oxygen atoms in total. The van der Waals surface area contributed by atoms with Gasteiger partial charge in [0, 0.05) is 111 Å². The SMILES string of the molecule is CC1(C)c2ccccc2N(c2ccc(-c3ccc(-n4c5ccccc5c5ccccc54)cc3)cc2)c2ccccc21.c1ccc(-c2ccc(N(c3ccc(-n4c5ccccc5c5ccccc54)cc3)c3ccc4c(c3)oc3ccccc34)cc2)cc1.c1ccc(N(c2ccccc2)c2ccc(-c3ccc(-n4c5ccccc5c5ccccc54)cc3)cc2)cc1. The molecule has 4 aromatic heterocycles. The first kappa shape index (κ1) is 74.1. The highest BCUT2D eigenvalue weighted by Crippen LogP contribution is 2.52. The van der Waals surface area contributed by atoms with Gasteiger partial charge in [-0.05, 0) is 220 Å². The van der Waals surface area contributed by atoms with Crippen molar-refractivity contribution in [3.05, 3.63) is 484 Å². The first-order valence-corrected chi connectivity index (χ1v) is 42.5. The van der Waals surface area contributed by atoms with Crippen LogP contribution in [-0.2, 0) is 5.41 Å². The summed E-state index contributed by atoms with van der Waals surface area (Å²) in [6.45, 7) is 4.65. The fourth-order valence-corrected chi connectivity index (χ4v) is 18.8. The third kappa shape index (κ3) is 13.3. The molecule has 0 atom stereocenters. The Bertz CT molecular complexity index is 7590. The van der Waals surface area contributed by atoms with E-state index in [4.69, 9.17) is 4.42 Å². The Morgan fingerprint density at radius 2 is 0.444 bits per heavy atom. The second kappa shape index (κ2) is 31.5. The molecule has 124 heavy (non-hydrogen) atoms. The largest absolute Gasteiger partial charge is 0.456 e. The van der Waals surface area contributed by atoms with Crippen molar-refractivity contribution in [3.8, 4) is 50.4 Å². The molecule has 19 aromatic carbocycles. The molecule has 7 heteroatoms. The van der Waals surface area contributed by atoms with E-state index in [-0.39, 0.29) is 5.41 Å². The van der Waals surface area contributed by atoms with E-state index in [9.17, 15) is 0 Å². The van der Waals surface area contributed by atoms with Gasteiger partial charge in [-0.1, -0.05) is 305 Å². The first-order chi connectivity index (χ1) is 61.3. The Morgan fingerprint density at radius 3 is 0.823 bits per heavy atom. The summed E-state index contributed by atoms with van der Waals surface area (Å²) < 4.78 is 13.4. The fourth-order valence-electron chi connectivity index (χ4n) is 18.8. The molecule has 588 valence electrons. The molecule has 0 fully saturated rings. The molecular weight excluding hydrogens is 1510 g/mol. The van der Waals surface area contributed by atoms with Gasteiger partial charge in [0.05, 0.1) is 44.5 Å². The summed E-state index contributed by atoms with van der Waals surface area (Å²) in [5, 5.41) is 9.91. The summed E-state index contributed by atoms with van der Waals surface area (Å²) in [5.41, 5.74) is 32.7. The number of fused-ring (bicyclic) bond motifs is 14. The van der Waals surface area contributed by atoms with Gasteiger partial charge in [0.15, 0.2) is 0 Å². The highest BCUT2D eigenvalue weighted by molar-refractivity contribution is 6.12. The maximum Gasteiger partial charge on any atom is 0.137 e. The molecule has 0 amide bonds. The predicted molar refractivity (Wildman–Crippen MR) is 522 cm³/mol. The van der Waals surface area contributed by atoms with Gasteiger partial charge in [-0.15, -0.1) is 0 Å². The molecule has 23 aromatic rings. The Labute approximate surface area is 720 Å². The van der Waals surface area contributed by atoms with Gasteiger partial charge in [-0.25, -0.2) is 0 Å². The number of rotatable bonds is 13. The smallest absolute Gasteiger partial charge is 0.137 e. The number of hydrogen-bond acceptors (Lipinski definition) is 4. The summed E-state index contributed by atoms with van der Waals surface area (Å²) >= 11 is 0. The number of furan rings is 1. The van der Waals surface area contributed by atoms with Crippen molar-refractivity contribution in [2.45, 2.75) is 19.3 Å². The average molecular weight is 1590 g/mol. The quantitative estimate of drug-likeness (QED) is 0.115. The topological polar surface area (TPSA) is 37.6 Å². The van der Waals surface area contributed by atoms with Crippen molar-refractivity contribution < 1.29 is 4.42 Å². The molecule has 0 N–H and O–H groups in total.